The molecule has 1 fully saturated rings. The van der Waals surface area contributed by atoms with E-state index in [0.717, 1.165) is 16.5 Å². The number of anilines is 3. The van der Waals surface area contributed by atoms with E-state index in [9.17, 15) is 43.5 Å². The number of phenols is 1. The molecule has 0 aliphatic carbocycles. The van der Waals surface area contributed by atoms with Crippen molar-refractivity contribution in [1.29, 1.82) is 0 Å². The van der Waals surface area contributed by atoms with Crippen molar-refractivity contribution in [3.05, 3.63) is 131 Å². The smallest absolute Gasteiger partial charge is 0.415 e. The number of nitrogens with one attached hydrogen (secondary N) is 3. The van der Waals surface area contributed by atoms with E-state index in [1.54, 1.807) is 66.4 Å². The number of carbonyl (C=O) groups excluding carboxylic acids is 8. The Balaban J connectivity index is 0.952. The number of amides is 8. The maximum atomic E-state index is 14.6. The number of halogens is 1. The largest absolute Gasteiger partial charge is 0.508 e. The Morgan fingerprint density at radius 3 is 2.16 bits per heavy atom. The lowest BCUT2D eigenvalue weighted by Crippen LogP contribution is -2.51. The van der Waals surface area contributed by atoms with Gasteiger partial charge in [0.05, 0.1) is 49.3 Å². The van der Waals surface area contributed by atoms with Gasteiger partial charge in [0.25, 0.3) is 11.8 Å². The Labute approximate surface area is 516 Å². The quantitative estimate of drug-likeness (QED) is 0.0267. The van der Waals surface area contributed by atoms with Gasteiger partial charge < -0.3 is 50.0 Å². The third-order valence-corrected chi connectivity index (χ3v) is 16.0. The monoisotopic (exact) mass is 1230 g/mol. The summed E-state index contributed by atoms with van der Waals surface area (Å²) in [5.74, 6) is -2.45. The van der Waals surface area contributed by atoms with Gasteiger partial charge in [-0.1, -0.05) is 70.2 Å². The number of aryl methyl sites for hydroxylation is 1. The molecule has 8 rings (SSSR count). The predicted molar refractivity (Wildman–Crippen MR) is 332 cm³/mol. The van der Waals surface area contributed by atoms with Gasteiger partial charge in [-0.3, -0.25) is 38.6 Å². The highest BCUT2D eigenvalue weighted by Gasteiger charge is 2.44. The molecule has 88 heavy (non-hydrogen) atoms. The summed E-state index contributed by atoms with van der Waals surface area (Å²) < 4.78 is 19.3. The molecular weight excluding hydrogens is 1150 g/mol. The van der Waals surface area contributed by atoms with E-state index in [2.05, 4.69) is 26.3 Å². The van der Waals surface area contributed by atoms with Crippen molar-refractivity contribution in [3.63, 3.8) is 0 Å². The zero-order chi connectivity index (χ0) is 63.7. The minimum Gasteiger partial charge on any atom is -0.508 e. The summed E-state index contributed by atoms with van der Waals surface area (Å²) in [7, 11) is 5.14. The Hall–Kier alpha value is -8.93. The van der Waals surface area contributed by atoms with Gasteiger partial charge in [0, 0.05) is 79.8 Å². The molecule has 5 aromatic carbocycles. The Bertz CT molecular complexity index is 3540. The number of likely N-dealkylation sites (N-methyl/N-ethyl adjacent to an activating group) is 2. The highest BCUT2D eigenvalue weighted by molar-refractivity contribution is 6.19. The van der Waals surface area contributed by atoms with E-state index < -0.39 is 47.4 Å². The number of carbonyl (C=O) groups is 8. The first-order valence-electron chi connectivity index (χ1n) is 29.0. The van der Waals surface area contributed by atoms with Crippen LogP contribution >= 0.6 is 11.6 Å². The van der Waals surface area contributed by atoms with Crippen LogP contribution < -0.4 is 25.6 Å². The third kappa shape index (κ3) is 15.4. The van der Waals surface area contributed by atoms with Crippen LogP contribution in [-0.2, 0) is 35.3 Å². The SMILES string of the molecule is Cc1cccc2c(OC(=O)N(CCOCCN3C(=O)CC(C(C)(C)C)C3=O)CCN(C)C(=O)OCc3ccc(NC(=O)[C@H](C)NC(=O)[C@H](C(C)C)N(C)C)cc3)cc3c(c12)[C@H](CCl)CN3C(=O)c1cn(-c2ccc(NC(=O)c3ccc(O)cc3)cc2)nn1. The van der Waals surface area contributed by atoms with Gasteiger partial charge in [-0.15, -0.1) is 16.7 Å². The summed E-state index contributed by atoms with van der Waals surface area (Å²) in [5.41, 5.74) is 4.21. The van der Waals surface area contributed by atoms with Crippen molar-refractivity contribution < 1.29 is 57.7 Å². The normalized spacial score (nSPS) is 15.5. The molecule has 23 nitrogen and oxygen atoms in total. The Kier molecular flexibility index (Phi) is 20.9. The van der Waals surface area contributed by atoms with E-state index in [1.165, 1.54) is 56.9 Å². The van der Waals surface area contributed by atoms with Crippen molar-refractivity contribution in [1.82, 2.24) is 39.9 Å². The molecule has 1 saturated heterocycles. The number of benzene rings is 5. The summed E-state index contributed by atoms with van der Waals surface area (Å²) in [5, 5.41) is 27.8. The lowest BCUT2D eigenvalue weighted by Gasteiger charge is -2.28. The van der Waals surface area contributed by atoms with Crippen LogP contribution in [0.1, 0.15) is 91.4 Å². The van der Waals surface area contributed by atoms with E-state index in [1.807, 2.05) is 78.7 Å². The van der Waals surface area contributed by atoms with Gasteiger partial charge >= 0.3 is 12.2 Å². The first kappa shape index (κ1) is 65.1. The summed E-state index contributed by atoms with van der Waals surface area (Å²) in [6.45, 7) is 13.1. The first-order valence-corrected chi connectivity index (χ1v) is 29.6. The minimum atomic E-state index is -0.808. The first-order chi connectivity index (χ1) is 41.8. The van der Waals surface area contributed by atoms with Crippen LogP contribution in [0.2, 0.25) is 0 Å². The van der Waals surface area contributed by atoms with Gasteiger partial charge in [-0.25, -0.2) is 14.3 Å². The molecule has 6 aromatic rings. The number of aromatic hydroxyl groups is 1. The van der Waals surface area contributed by atoms with Crippen molar-refractivity contribution >= 4 is 87.1 Å². The van der Waals surface area contributed by atoms with Crippen molar-refractivity contribution in [3.8, 4) is 17.2 Å². The maximum Gasteiger partial charge on any atom is 0.415 e. The molecule has 8 amide bonds. The molecule has 4 N–H and O–H groups in total. The zero-order valence-corrected chi connectivity index (χ0v) is 51.9. The Morgan fingerprint density at radius 1 is 0.830 bits per heavy atom. The van der Waals surface area contributed by atoms with Gasteiger partial charge in [0.2, 0.25) is 23.6 Å². The van der Waals surface area contributed by atoms with Crippen LogP contribution in [0, 0.1) is 24.2 Å². The highest BCUT2D eigenvalue weighted by Crippen LogP contribution is 2.47. The molecule has 0 bridgehead atoms. The molecule has 1 unspecified atom stereocenters. The molecule has 2 aliphatic rings. The molecule has 466 valence electrons. The molecule has 0 spiro atoms. The second kappa shape index (κ2) is 28.3. The molecule has 24 heteroatoms. The fraction of sp³-hybridized carbons (Fsp3) is 0.406. The highest BCUT2D eigenvalue weighted by atomic mass is 35.5. The van der Waals surface area contributed by atoms with Crippen LogP contribution in [0.5, 0.6) is 11.5 Å². The number of nitrogens with zero attached hydrogens (tertiary/aromatic N) is 8. The number of rotatable bonds is 23. The number of imide groups is 1. The number of ether oxygens (including phenoxy) is 3. The number of hydrogen-bond acceptors (Lipinski definition) is 15. The second-order valence-corrected chi connectivity index (χ2v) is 24.0. The zero-order valence-electron chi connectivity index (χ0n) is 51.2. The van der Waals surface area contributed by atoms with Crippen LogP contribution in [0.4, 0.5) is 26.7 Å². The summed E-state index contributed by atoms with van der Waals surface area (Å²) >= 11 is 6.67. The van der Waals surface area contributed by atoms with E-state index in [0.29, 0.717) is 39.3 Å². The lowest BCUT2D eigenvalue weighted by atomic mass is 9.80. The molecule has 0 radical (unpaired) electrons. The fourth-order valence-corrected chi connectivity index (χ4v) is 11.0. The predicted octanol–water partition coefficient (Wildman–Crippen LogP) is 8.21. The Morgan fingerprint density at radius 2 is 1.51 bits per heavy atom. The summed E-state index contributed by atoms with van der Waals surface area (Å²) in [6.07, 6.45) is 0.111. The van der Waals surface area contributed by atoms with E-state index in [4.69, 9.17) is 25.8 Å². The van der Waals surface area contributed by atoms with Crippen molar-refractivity contribution in [2.45, 2.75) is 79.5 Å². The standard InChI is InChI=1S/C64H76ClN11O12/c1-38(2)56(71(8)9)59(81)66-40(4)57(79)67-44-18-14-41(15-19-44)37-87-62(84)72(10)26-27-73(28-30-86-31-29-74-53(78)32-49(60(74)82)64(5,6)7)63(85)88-52-33-51-55(54-39(3)12-11-13-48(52)54)43(34-65)35-75(51)61(83)50-36-76(70-69-50)46-22-20-45(21-23-46)68-58(80)42-16-24-47(77)25-17-42/h11-25,33,36,38,40,43,49,56,77H,26-32,34-35,37H2,1-10H3,(H,66,81)(H,67,79)(H,68,80)/t40-,43+,49?,56-/m0/s1. The minimum absolute atomic E-state index is 0.00701. The summed E-state index contributed by atoms with van der Waals surface area (Å²) in [6, 6.07) is 25.3. The van der Waals surface area contributed by atoms with Crippen LogP contribution in [0.15, 0.2) is 103 Å². The van der Waals surface area contributed by atoms with Crippen LogP contribution in [-0.4, -0.2) is 172 Å². The second-order valence-electron chi connectivity index (χ2n) is 23.7. The van der Waals surface area contributed by atoms with Gasteiger partial charge in [-0.2, -0.15) is 0 Å². The van der Waals surface area contributed by atoms with Gasteiger partial charge in [-0.05, 0) is 122 Å². The molecule has 3 heterocycles. The third-order valence-electron chi connectivity index (χ3n) is 15.6. The molecule has 0 saturated carbocycles. The topological polar surface area (TPSA) is 267 Å². The number of alkyl halides is 1. The van der Waals surface area contributed by atoms with Crippen molar-refractivity contribution in [2.24, 2.45) is 17.3 Å². The van der Waals surface area contributed by atoms with Gasteiger partial charge in [0.15, 0.2) is 5.69 Å². The average molecular weight is 1230 g/mol. The van der Waals surface area contributed by atoms with Crippen LogP contribution in [0.25, 0.3) is 16.5 Å². The number of fused-ring (bicyclic) bond motifs is 3. The summed E-state index contributed by atoms with van der Waals surface area (Å²) in [4.78, 5) is 115. The van der Waals surface area contributed by atoms with Crippen molar-refractivity contribution in [2.75, 3.05) is 88.5 Å². The number of hydrogen-bond donors (Lipinski definition) is 4. The lowest BCUT2D eigenvalue weighted by molar-refractivity contribution is -0.141. The van der Waals surface area contributed by atoms with Gasteiger partial charge in [0.1, 0.15) is 24.1 Å². The van der Waals surface area contributed by atoms with Crippen LogP contribution in [0.3, 0.4) is 0 Å². The van der Waals surface area contributed by atoms with E-state index >= 15 is 0 Å². The number of aromatic nitrogens is 3. The average Bonchev–Trinajstić information content (AvgIpc) is 1.63. The number of likely N-dealkylation sites (tertiary alicyclic amines) is 1. The number of phenolic OH excluding ortho intramolecular Hbond substituents is 1. The molecule has 2 aliphatic heterocycles. The molecule has 1 aromatic heterocycles. The molecule has 4 atom stereocenters. The van der Waals surface area contributed by atoms with E-state index in [-0.39, 0.29) is 118 Å². The molecular formula is C64H76ClN11O12. The fourth-order valence-electron chi connectivity index (χ4n) is 10.8. The maximum absolute atomic E-state index is 14.6.